The summed E-state index contributed by atoms with van der Waals surface area (Å²) in [4.78, 5) is 22.0. The van der Waals surface area contributed by atoms with Crippen molar-refractivity contribution in [1.29, 1.82) is 0 Å². The van der Waals surface area contributed by atoms with Crippen molar-refractivity contribution in [3.63, 3.8) is 0 Å². The first kappa shape index (κ1) is 14.8. The Hall–Kier alpha value is -3.15. The van der Waals surface area contributed by atoms with Gasteiger partial charge in [-0.1, -0.05) is 25.1 Å². The van der Waals surface area contributed by atoms with Crippen LogP contribution >= 0.6 is 0 Å². The van der Waals surface area contributed by atoms with Gasteiger partial charge in [-0.25, -0.2) is 0 Å². The standard InChI is InChI=1S/C17H13NO5/c1-2-11-10(8-19)7-13(17(20)16(11)18(21)22)14-9-23-15-6-4-3-5-12(14)15/h3-9,20H,2H2,1H3. The Labute approximate surface area is 131 Å². The normalized spacial score (nSPS) is 10.8. The van der Waals surface area contributed by atoms with E-state index in [0.717, 1.165) is 0 Å². The number of furan rings is 1. The Kier molecular flexibility index (Phi) is 3.57. The third-order valence-electron chi connectivity index (χ3n) is 3.85. The lowest BCUT2D eigenvalue weighted by atomic mass is 9.95. The SMILES string of the molecule is CCc1c(C=O)cc(-c2coc3ccccc23)c(O)c1[N+](=O)[O-]. The zero-order valence-corrected chi connectivity index (χ0v) is 12.3. The molecule has 0 saturated heterocycles. The van der Waals surface area contributed by atoms with E-state index in [1.807, 2.05) is 0 Å². The van der Waals surface area contributed by atoms with Crippen LogP contribution in [-0.2, 0) is 6.42 Å². The molecule has 0 aliphatic rings. The van der Waals surface area contributed by atoms with Crippen molar-refractivity contribution in [2.24, 2.45) is 0 Å². The minimum Gasteiger partial charge on any atom is -0.502 e. The number of aldehydes is 1. The molecule has 116 valence electrons. The van der Waals surface area contributed by atoms with Crippen molar-refractivity contribution >= 4 is 22.9 Å². The smallest absolute Gasteiger partial charge is 0.315 e. The highest BCUT2D eigenvalue weighted by Gasteiger charge is 2.27. The lowest BCUT2D eigenvalue weighted by Gasteiger charge is -2.10. The third-order valence-corrected chi connectivity index (χ3v) is 3.85. The van der Waals surface area contributed by atoms with Crippen LogP contribution in [0.25, 0.3) is 22.1 Å². The van der Waals surface area contributed by atoms with Crippen LogP contribution in [0.1, 0.15) is 22.8 Å². The van der Waals surface area contributed by atoms with Crippen LogP contribution in [0.15, 0.2) is 41.0 Å². The summed E-state index contributed by atoms with van der Waals surface area (Å²) in [6, 6.07) is 8.60. The van der Waals surface area contributed by atoms with E-state index >= 15 is 0 Å². The Morgan fingerprint density at radius 1 is 1.30 bits per heavy atom. The molecule has 0 radical (unpaired) electrons. The molecule has 6 heteroatoms. The molecule has 0 aliphatic heterocycles. The summed E-state index contributed by atoms with van der Waals surface area (Å²) in [6.45, 7) is 1.70. The molecule has 1 heterocycles. The molecule has 0 saturated carbocycles. The molecule has 3 rings (SSSR count). The molecule has 0 atom stereocenters. The average molecular weight is 311 g/mol. The fourth-order valence-electron chi connectivity index (χ4n) is 2.78. The number of fused-ring (bicyclic) bond motifs is 1. The zero-order chi connectivity index (χ0) is 16.6. The number of hydrogen-bond donors (Lipinski definition) is 1. The summed E-state index contributed by atoms with van der Waals surface area (Å²) < 4.78 is 5.42. The molecular weight excluding hydrogens is 298 g/mol. The Balaban J connectivity index is 2.38. The summed E-state index contributed by atoms with van der Waals surface area (Å²) in [5.74, 6) is -0.455. The van der Waals surface area contributed by atoms with Crippen molar-refractivity contribution in [2.75, 3.05) is 0 Å². The lowest BCUT2D eigenvalue weighted by molar-refractivity contribution is -0.386. The van der Waals surface area contributed by atoms with Crippen molar-refractivity contribution < 1.29 is 19.2 Å². The number of phenolic OH excluding ortho intramolecular Hbond substituents is 1. The van der Waals surface area contributed by atoms with E-state index in [1.165, 1.54) is 12.3 Å². The van der Waals surface area contributed by atoms with Crippen molar-refractivity contribution in [1.82, 2.24) is 0 Å². The topological polar surface area (TPSA) is 93.6 Å². The predicted octanol–water partition coefficient (Wildman–Crippen LogP) is 4.09. The minimum absolute atomic E-state index is 0.192. The monoisotopic (exact) mass is 311 g/mol. The number of carbonyl (C=O) groups is 1. The van der Waals surface area contributed by atoms with Crippen molar-refractivity contribution in [3.05, 3.63) is 57.8 Å². The second kappa shape index (κ2) is 5.57. The van der Waals surface area contributed by atoms with Gasteiger partial charge < -0.3 is 9.52 Å². The second-order valence-corrected chi connectivity index (χ2v) is 5.06. The fourth-order valence-corrected chi connectivity index (χ4v) is 2.78. The van der Waals surface area contributed by atoms with Crippen LogP contribution < -0.4 is 0 Å². The van der Waals surface area contributed by atoms with Gasteiger partial charge in [-0.3, -0.25) is 14.9 Å². The molecule has 1 N–H and O–H groups in total. The van der Waals surface area contributed by atoms with Crippen LogP contribution in [0.4, 0.5) is 5.69 Å². The molecule has 0 amide bonds. The molecule has 1 aromatic heterocycles. The Morgan fingerprint density at radius 2 is 2.04 bits per heavy atom. The number of phenols is 1. The maximum absolute atomic E-state index is 11.4. The number of rotatable bonds is 4. The molecule has 0 fully saturated rings. The number of nitro groups is 1. The van der Waals surface area contributed by atoms with Crippen molar-refractivity contribution in [3.8, 4) is 16.9 Å². The minimum atomic E-state index is -0.660. The number of benzene rings is 2. The number of aromatic hydroxyl groups is 1. The van der Waals surface area contributed by atoms with Gasteiger partial charge in [0, 0.05) is 27.6 Å². The van der Waals surface area contributed by atoms with E-state index in [9.17, 15) is 20.0 Å². The Bertz CT molecular complexity index is 926. The molecular formula is C17H13NO5. The highest BCUT2D eigenvalue weighted by atomic mass is 16.6. The zero-order valence-electron chi connectivity index (χ0n) is 12.3. The summed E-state index contributed by atoms with van der Waals surface area (Å²) in [7, 11) is 0. The molecule has 0 unspecified atom stereocenters. The van der Waals surface area contributed by atoms with E-state index < -0.39 is 16.4 Å². The maximum Gasteiger partial charge on any atom is 0.315 e. The van der Waals surface area contributed by atoms with Crippen LogP contribution in [0, 0.1) is 10.1 Å². The average Bonchev–Trinajstić information content (AvgIpc) is 2.97. The van der Waals surface area contributed by atoms with Gasteiger partial charge in [0.1, 0.15) is 5.58 Å². The summed E-state index contributed by atoms with van der Waals surface area (Å²) >= 11 is 0. The quantitative estimate of drug-likeness (QED) is 0.445. The highest BCUT2D eigenvalue weighted by Crippen LogP contribution is 2.43. The van der Waals surface area contributed by atoms with Crippen LogP contribution in [0.2, 0.25) is 0 Å². The first-order chi connectivity index (χ1) is 11.1. The fraction of sp³-hybridized carbons (Fsp3) is 0.118. The Morgan fingerprint density at radius 3 is 2.70 bits per heavy atom. The summed E-state index contributed by atoms with van der Waals surface area (Å²) in [5.41, 5.74) is 1.29. The first-order valence-corrected chi connectivity index (χ1v) is 7.03. The second-order valence-electron chi connectivity index (χ2n) is 5.06. The van der Waals surface area contributed by atoms with Gasteiger partial charge >= 0.3 is 5.69 Å². The largest absolute Gasteiger partial charge is 0.502 e. The van der Waals surface area contributed by atoms with Gasteiger partial charge in [-0.05, 0) is 18.6 Å². The molecule has 0 bridgehead atoms. The molecule has 2 aromatic carbocycles. The molecule has 3 aromatic rings. The summed E-state index contributed by atoms with van der Waals surface area (Å²) in [6.07, 6.45) is 2.26. The highest BCUT2D eigenvalue weighted by molar-refractivity contribution is 5.98. The molecule has 6 nitrogen and oxygen atoms in total. The molecule has 0 aliphatic carbocycles. The summed E-state index contributed by atoms with van der Waals surface area (Å²) in [5, 5.41) is 22.5. The van der Waals surface area contributed by atoms with Gasteiger partial charge in [-0.2, -0.15) is 0 Å². The van der Waals surface area contributed by atoms with Crippen LogP contribution in [0.3, 0.4) is 0 Å². The number of nitrogens with zero attached hydrogens (tertiary/aromatic N) is 1. The van der Waals surface area contributed by atoms with Gasteiger partial charge in [0.2, 0.25) is 5.75 Å². The predicted molar refractivity (Wildman–Crippen MR) is 84.7 cm³/mol. The third kappa shape index (κ3) is 2.24. The van der Waals surface area contributed by atoms with E-state index in [1.54, 1.807) is 31.2 Å². The number of carbonyl (C=O) groups excluding carboxylic acids is 1. The van der Waals surface area contributed by atoms with E-state index in [0.29, 0.717) is 22.8 Å². The molecule has 23 heavy (non-hydrogen) atoms. The van der Waals surface area contributed by atoms with Gasteiger partial charge in [0.15, 0.2) is 6.29 Å². The van der Waals surface area contributed by atoms with Gasteiger partial charge in [-0.15, -0.1) is 0 Å². The molecule has 0 spiro atoms. The number of para-hydroxylation sites is 1. The number of nitro benzene ring substituents is 1. The van der Waals surface area contributed by atoms with Gasteiger partial charge in [0.05, 0.1) is 11.2 Å². The van der Waals surface area contributed by atoms with E-state index in [-0.39, 0.29) is 23.1 Å². The van der Waals surface area contributed by atoms with Crippen LogP contribution in [0.5, 0.6) is 5.75 Å². The van der Waals surface area contributed by atoms with E-state index in [4.69, 9.17) is 4.42 Å². The van der Waals surface area contributed by atoms with Gasteiger partial charge in [0.25, 0.3) is 0 Å². The van der Waals surface area contributed by atoms with E-state index in [2.05, 4.69) is 0 Å². The number of hydrogen-bond acceptors (Lipinski definition) is 5. The first-order valence-electron chi connectivity index (χ1n) is 7.03. The van der Waals surface area contributed by atoms with Crippen LogP contribution in [-0.4, -0.2) is 16.3 Å². The maximum atomic E-state index is 11.4. The van der Waals surface area contributed by atoms with Crippen molar-refractivity contribution in [2.45, 2.75) is 13.3 Å². The lowest BCUT2D eigenvalue weighted by Crippen LogP contribution is -2.01.